The van der Waals surface area contributed by atoms with Crippen molar-refractivity contribution in [2.24, 2.45) is 0 Å². The lowest BCUT2D eigenvalue weighted by Gasteiger charge is -2.06. The summed E-state index contributed by atoms with van der Waals surface area (Å²) in [4.78, 5) is 9.44. The zero-order chi connectivity index (χ0) is 12.3. The first kappa shape index (κ1) is 11.7. The molecule has 0 radical (unpaired) electrons. The van der Waals surface area contributed by atoms with Gasteiger partial charge in [-0.05, 0) is 18.6 Å². The Morgan fingerprint density at radius 2 is 2.00 bits per heavy atom. The van der Waals surface area contributed by atoms with E-state index < -0.39 is 0 Å². The van der Waals surface area contributed by atoms with Gasteiger partial charge in [-0.2, -0.15) is 4.98 Å². The molecule has 1 aromatic heterocycles. The molecule has 0 spiro atoms. The molecule has 0 atom stereocenters. The lowest BCUT2D eigenvalue weighted by atomic mass is 10.2. The summed E-state index contributed by atoms with van der Waals surface area (Å²) < 4.78 is 0. The van der Waals surface area contributed by atoms with Crippen molar-refractivity contribution in [2.75, 3.05) is 18.1 Å². The monoisotopic (exact) mass is 246 g/mol. The molecule has 2 aromatic rings. The van der Waals surface area contributed by atoms with E-state index in [-0.39, 0.29) is 5.95 Å². The van der Waals surface area contributed by atoms with Crippen LogP contribution in [0.4, 0.5) is 11.8 Å². The molecular weight excluding hydrogens is 232 g/mol. The fourth-order valence-electron chi connectivity index (χ4n) is 1.41. The number of nitrogen functional groups attached to an aromatic ring is 1. The maximum atomic E-state index is 5.65. The predicted molar refractivity (Wildman–Crippen MR) is 71.3 cm³/mol. The van der Waals surface area contributed by atoms with Crippen LogP contribution in [0.1, 0.15) is 5.56 Å². The van der Waals surface area contributed by atoms with Crippen LogP contribution in [-0.4, -0.2) is 17.0 Å². The second-order valence-corrected chi connectivity index (χ2v) is 4.63. The van der Waals surface area contributed by atoms with Gasteiger partial charge in [0.2, 0.25) is 5.95 Å². The van der Waals surface area contributed by atoms with Crippen LogP contribution in [0.15, 0.2) is 40.3 Å². The molecule has 17 heavy (non-hydrogen) atoms. The lowest BCUT2D eigenvalue weighted by Crippen LogP contribution is -2.00. The maximum absolute atomic E-state index is 5.65. The average molecular weight is 246 g/mol. The first-order valence-corrected chi connectivity index (χ1v) is 6.06. The fraction of sp³-hybridized carbons (Fsp3) is 0.167. The molecule has 2 rings (SSSR count). The topological polar surface area (TPSA) is 63.8 Å². The number of hydrogen-bond donors (Lipinski definition) is 2. The molecule has 0 fully saturated rings. The number of nitrogens with one attached hydrogen (secondary N) is 1. The normalized spacial score (nSPS) is 10.2. The van der Waals surface area contributed by atoms with Crippen LogP contribution in [0.2, 0.25) is 0 Å². The molecule has 0 saturated heterocycles. The number of rotatable bonds is 3. The van der Waals surface area contributed by atoms with Crippen molar-refractivity contribution >= 4 is 23.5 Å². The van der Waals surface area contributed by atoms with E-state index in [9.17, 15) is 0 Å². The number of hydrogen-bond acceptors (Lipinski definition) is 5. The number of nitrogens with two attached hydrogens (primary N) is 1. The summed E-state index contributed by atoms with van der Waals surface area (Å²) in [5.74, 6) is 1.02. The van der Waals surface area contributed by atoms with Gasteiger partial charge in [0.15, 0.2) is 0 Å². The Balaban J connectivity index is 2.30. The minimum absolute atomic E-state index is 0.285. The third-order valence-electron chi connectivity index (χ3n) is 2.28. The molecule has 0 amide bonds. The van der Waals surface area contributed by atoms with E-state index in [2.05, 4.69) is 34.3 Å². The highest BCUT2D eigenvalue weighted by molar-refractivity contribution is 7.99. The smallest absolute Gasteiger partial charge is 0.223 e. The van der Waals surface area contributed by atoms with Gasteiger partial charge in [-0.15, -0.1) is 0 Å². The van der Waals surface area contributed by atoms with Crippen LogP contribution in [-0.2, 0) is 0 Å². The van der Waals surface area contributed by atoms with Crippen LogP contribution in [0.3, 0.4) is 0 Å². The standard InChI is InChI=1S/C12H14N4S/c1-8-5-3-4-6-9(8)17-11-7-10(14-2)15-12(13)16-11/h3-7H,1-2H3,(H3,13,14,15,16). The third-order valence-corrected chi connectivity index (χ3v) is 3.38. The second kappa shape index (κ2) is 5.05. The molecule has 0 aliphatic heterocycles. The Kier molecular flexibility index (Phi) is 3.49. The third kappa shape index (κ3) is 2.88. The fourth-order valence-corrected chi connectivity index (χ4v) is 2.32. The molecule has 5 heteroatoms. The van der Waals surface area contributed by atoms with Crippen LogP contribution < -0.4 is 11.1 Å². The number of aryl methyl sites for hydroxylation is 1. The summed E-state index contributed by atoms with van der Waals surface area (Å²) in [6, 6.07) is 10.1. The molecular formula is C12H14N4S. The lowest BCUT2D eigenvalue weighted by molar-refractivity contribution is 1.06. The van der Waals surface area contributed by atoms with E-state index in [0.29, 0.717) is 0 Å². The first-order valence-electron chi connectivity index (χ1n) is 5.25. The van der Waals surface area contributed by atoms with Gasteiger partial charge < -0.3 is 11.1 Å². The molecule has 88 valence electrons. The molecule has 0 bridgehead atoms. The summed E-state index contributed by atoms with van der Waals surface area (Å²) in [7, 11) is 1.81. The molecule has 0 aliphatic rings. The van der Waals surface area contributed by atoms with E-state index in [1.54, 1.807) is 11.8 Å². The summed E-state index contributed by atoms with van der Waals surface area (Å²) >= 11 is 1.59. The average Bonchev–Trinajstić information content (AvgIpc) is 2.31. The van der Waals surface area contributed by atoms with E-state index >= 15 is 0 Å². The van der Waals surface area contributed by atoms with Gasteiger partial charge in [0.25, 0.3) is 0 Å². The van der Waals surface area contributed by atoms with Gasteiger partial charge in [-0.1, -0.05) is 30.0 Å². The van der Waals surface area contributed by atoms with Crippen LogP contribution in [0.5, 0.6) is 0 Å². The molecule has 0 saturated carbocycles. The van der Waals surface area contributed by atoms with Crippen molar-refractivity contribution in [3.8, 4) is 0 Å². The van der Waals surface area contributed by atoms with E-state index in [4.69, 9.17) is 5.73 Å². The van der Waals surface area contributed by atoms with Crippen molar-refractivity contribution in [2.45, 2.75) is 16.8 Å². The van der Waals surface area contributed by atoms with E-state index in [1.165, 1.54) is 10.5 Å². The summed E-state index contributed by atoms with van der Waals surface area (Å²) in [6.07, 6.45) is 0. The van der Waals surface area contributed by atoms with Crippen LogP contribution in [0, 0.1) is 6.92 Å². The number of anilines is 2. The number of aromatic nitrogens is 2. The SMILES string of the molecule is CNc1cc(Sc2ccccc2C)nc(N)n1. The van der Waals surface area contributed by atoms with Gasteiger partial charge >= 0.3 is 0 Å². The number of nitrogens with zero attached hydrogens (tertiary/aromatic N) is 2. The Morgan fingerprint density at radius 3 is 2.71 bits per heavy atom. The highest BCUT2D eigenvalue weighted by Gasteiger charge is 2.05. The van der Waals surface area contributed by atoms with Crippen molar-refractivity contribution < 1.29 is 0 Å². The van der Waals surface area contributed by atoms with Crippen LogP contribution in [0.25, 0.3) is 0 Å². The molecule has 1 aromatic carbocycles. The van der Waals surface area contributed by atoms with E-state index in [0.717, 1.165) is 10.8 Å². The van der Waals surface area contributed by atoms with Crippen LogP contribution >= 0.6 is 11.8 Å². The number of benzene rings is 1. The van der Waals surface area contributed by atoms with Gasteiger partial charge in [0, 0.05) is 18.0 Å². The highest BCUT2D eigenvalue weighted by Crippen LogP contribution is 2.29. The van der Waals surface area contributed by atoms with Gasteiger partial charge in [-0.25, -0.2) is 4.98 Å². The zero-order valence-electron chi connectivity index (χ0n) is 9.77. The Morgan fingerprint density at radius 1 is 1.24 bits per heavy atom. The molecule has 1 heterocycles. The van der Waals surface area contributed by atoms with Crippen molar-refractivity contribution in [3.05, 3.63) is 35.9 Å². The minimum Gasteiger partial charge on any atom is -0.373 e. The van der Waals surface area contributed by atoms with E-state index in [1.807, 2.05) is 25.2 Å². The highest BCUT2D eigenvalue weighted by atomic mass is 32.2. The zero-order valence-corrected chi connectivity index (χ0v) is 10.6. The Bertz CT molecular complexity index is 528. The predicted octanol–water partition coefficient (Wildman–Crippen LogP) is 2.56. The summed E-state index contributed by atoms with van der Waals surface area (Å²) in [6.45, 7) is 2.08. The second-order valence-electron chi connectivity index (χ2n) is 3.57. The largest absolute Gasteiger partial charge is 0.373 e. The Hall–Kier alpha value is -1.75. The maximum Gasteiger partial charge on any atom is 0.223 e. The summed E-state index contributed by atoms with van der Waals surface area (Å²) in [5.41, 5.74) is 6.87. The van der Waals surface area contributed by atoms with Gasteiger partial charge in [0.05, 0.1) is 0 Å². The van der Waals surface area contributed by atoms with Gasteiger partial charge in [0.1, 0.15) is 10.8 Å². The summed E-state index contributed by atoms with van der Waals surface area (Å²) in [5, 5.41) is 3.81. The van der Waals surface area contributed by atoms with Crippen molar-refractivity contribution in [1.82, 2.24) is 9.97 Å². The Labute approximate surface area is 105 Å². The molecule has 0 aliphatic carbocycles. The molecule has 4 nitrogen and oxygen atoms in total. The first-order chi connectivity index (χ1) is 8.19. The molecule has 0 unspecified atom stereocenters. The molecule has 3 N–H and O–H groups in total. The van der Waals surface area contributed by atoms with Crippen molar-refractivity contribution in [3.63, 3.8) is 0 Å². The van der Waals surface area contributed by atoms with Gasteiger partial charge in [-0.3, -0.25) is 0 Å². The van der Waals surface area contributed by atoms with Crippen molar-refractivity contribution in [1.29, 1.82) is 0 Å². The minimum atomic E-state index is 0.285. The quantitative estimate of drug-likeness (QED) is 0.815.